The molecule has 0 saturated carbocycles. The van der Waals surface area contributed by atoms with Crippen LogP contribution < -0.4 is 10.1 Å². The summed E-state index contributed by atoms with van der Waals surface area (Å²) in [4.78, 5) is 4.50. The van der Waals surface area contributed by atoms with Crippen LogP contribution in [0.5, 0.6) is 5.75 Å². The van der Waals surface area contributed by atoms with E-state index in [0.29, 0.717) is 11.2 Å². The Morgan fingerprint density at radius 2 is 2.42 bits per heavy atom. The summed E-state index contributed by atoms with van der Waals surface area (Å²) >= 11 is 6.25. The fraction of sp³-hybridized carbons (Fsp3) is 0.500. The highest BCUT2D eigenvalue weighted by Crippen LogP contribution is 2.28. The fourth-order valence-electron chi connectivity index (χ4n) is 2.75. The highest BCUT2D eigenvalue weighted by atomic mass is 35.5. The summed E-state index contributed by atoms with van der Waals surface area (Å²) in [5.41, 5.74) is 0.859. The predicted octanol–water partition coefficient (Wildman–Crippen LogP) is 2.68. The maximum atomic E-state index is 6.25. The van der Waals surface area contributed by atoms with E-state index < -0.39 is 0 Å². The van der Waals surface area contributed by atoms with Crippen molar-refractivity contribution in [3.8, 4) is 5.75 Å². The summed E-state index contributed by atoms with van der Waals surface area (Å²) < 4.78 is 7.39. The second kappa shape index (κ2) is 5.39. The van der Waals surface area contributed by atoms with Crippen molar-refractivity contribution >= 4 is 17.1 Å². The monoisotopic (exact) mass is 279 g/mol. The Bertz CT molecular complexity index is 575. The summed E-state index contributed by atoms with van der Waals surface area (Å²) in [5, 5.41) is 4.06. The first-order valence-electron chi connectivity index (χ1n) is 6.72. The zero-order valence-electron chi connectivity index (χ0n) is 11.0. The van der Waals surface area contributed by atoms with Crippen molar-refractivity contribution in [3.05, 3.63) is 29.3 Å². The van der Waals surface area contributed by atoms with Crippen LogP contribution in [0.1, 0.15) is 25.1 Å². The van der Waals surface area contributed by atoms with E-state index in [9.17, 15) is 0 Å². The van der Waals surface area contributed by atoms with Crippen LogP contribution in [0.2, 0.25) is 5.15 Å². The molecule has 0 bridgehead atoms. The number of fused-ring (bicyclic) bond motifs is 1. The van der Waals surface area contributed by atoms with Gasteiger partial charge in [0.25, 0.3) is 0 Å². The minimum absolute atomic E-state index is 0.501. The Kier molecular flexibility index (Phi) is 3.62. The summed E-state index contributed by atoms with van der Waals surface area (Å²) in [6, 6.07) is 4.37. The van der Waals surface area contributed by atoms with Gasteiger partial charge in [-0.15, -0.1) is 0 Å². The van der Waals surface area contributed by atoms with Crippen molar-refractivity contribution < 1.29 is 4.74 Å². The van der Waals surface area contributed by atoms with Crippen LogP contribution in [0.25, 0.3) is 5.52 Å². The average Bonchev–Trinajstić information content (AvgIpc) is 2.77. The van der Waals surface area contributed by atoms with Gasteiger partial charge in [0.05, 0.1) is 7.11 Å². The molecule has 0 radical (unpaired) electrons. The molecular weight excluding hydrogens is 262 g/mol. The van der Waals surface area contributed by atoms with E-state index in [1.54, 1.807) is 7.11 Å². The quantitative estimate of drug-likeness (QED) is 0.939. The van der Waals surface area contributed by atoms with Crippen molar-refractivity contribution in [2.45, 2.75) is 31.7 Å². The number of pyridine rings is 1. The van der Waals surface area contributed by atoms with Gasteiger partial charge in [0.15, 0.2) is 5.15 Å². The Balaban J connectivity index is 1.95. The van der Waals surface area contributed by atoms with Gasteiger partial charge in [-0.2, -0.15) is 0 Å². The van der Waals surface area contributed by atoms with Gasteiger partial charge in [-0.25, -0.2) is 4.98 Å². The molecule has 1 N–H and O–H groups in total. The number of hydrogen-bond acceptors (Lipinski definition) is 3. The Hall–Kier alpha value is -1.26. The molecule has 19 heavy (non-hydrogen) atoms. The van der Waals surface area contributed by atoms with Crippen LogP contribution in [-0.2, 0) is 6.42 Å². The van der Waals surface area contributed by atoms with Gasteiger partial charge in [0.1, 0.15) is 17.1 Å². The van der Waals surface area contributed by atoms with E-state index in [0.717, 1.165) is 30.1 Å². The van der Waals surface area contributed by atoms with Gasteiger partial charge in [0, 0.05) is 18.7 Å². The zero-order chi connectivity index (χ0) is 13.2. The number of nitrogens with one attached hydrogen (secondary N) is 1. The topological polar surface area (TPSA) is 38.6 Å². The summed E-state index contributed by atoms with van der Waals surface area (Å²) in [6.07, 6.45) is 6.66. The SMILES string of the molecule is COc1cccn2c(CC3CCCCN3)nc(Cl)c12. The molecule has 1 saturated heterocycles. The van der Waals surface area contributed by atoms with Crippen molar-refractivity contribution in [2.75, 3.05) is 13.7 Å². The molecule has 3 rings (SSSR count). The molecule has 3 heterocycles. The number of halogens is 1. The molecular formula is C14H18ClN3O. The second-order valence-electron chi connectivity index (χ2n) is 4.96. The molecule has 1 aliphatic heterocycles. The van der Waals surface area contributed by atoms with Gasteiger partial charge >= 0.3 is 0 Å². The molecule has 1 aliphatic rings. The lowest BCUT2D eigenvalue weighted by Crippen LogP contribution is -2.36. The summed E-state index contributed by atoms with van der Waals surface area (Å²) in [5.74, 6) is 1.76. The first kappa shape index (κ1) is 12.8. The highest BCUT2D eigenvalue weighted by molar-refractivity contribution is 6.33. The molecule has 0 spiro atoms. The van der Waals surface area contributed by atoms with Crippen molar-refractivity contribution in [1.82, 2.24) is 14.7 Å². The number of methoxy groups -OCH3 is 1. The largest absolute Gasteiger partial charge is 0.494 e. The van der Waals surface area contributed by atoms with E-state index >= 15 is 0 Å². The number of piperidine rings is 1. The van der Waals surface area contributed by atoms with Gasteiger partial charge in [-0.3, -0.25) is 4.40 Å². The van der Waals surface area contributed by atoms with Crippen molar-refractivity contribution in [2.24, 2.45) is 0 Å². The minimum Gasteiger partial charge on any atom is -0.494 e. The lowest BCUT2D eigenvalue weighted by Gasteiger charge is -2.22. The maximum absolute atomic E-state index is 6.25. The van der Waals surface area contributed by atoms with E-state index in [1.165, 1.54) is 19.3 Å². The molecule has 102 valence electrons. The number of hydrogen-bond donors (Lipinski definition) is 1. The molecule has 1 unspecified atom stereocenters. The van der Waals surface area contributed by atoms with Crippen LogP contribution >= 0.6 is 11.6 Å². The Labute approximate surface area is 117 Å². The van der Waals surface area contributed by atoms with Crippen LogP contribution in [0.4, 0.5) is 0 Å². The van der Waals surface area contributed by atoms with Gasteiger partial charge in [-0.1, -0.05) is 18.0 Å². The molecule has 5 heteroatoms. The average molecular weight is 280 g/mol. The van der Waals surface area contributed by atoms with Crippen LogP contribution in [-0.4, -0.2) is 29.1 Å². The molecule has 1 atom stereocenters. The summed E-state index contributed by atoms with van der Waals surface area (Å²) in [7, 11) is 1.65. The first-order chi connectivity index (χ1) is 9.29. The number of ether oxygens (including phenoxy) is 1. The third-order valence-corrected chi connectivity index (χ3v) is 3.98. The normalized spacial score (nSPS) is 19.8. The molecule has 2 aromatic rings. The van der Waals surface area contributed by atoms with Gasteiger partial charge < -0.3 is 10.1 Å². The molecule has 1 fully saturated rings. The van der Waals surface area contributed by atoms with Crippen LogP contribution in [0.3, 0.4) is 0 Å². The van der Waals surface area contributed by atoms with E-state index in [4.69, 9.17) is 16.3 Å². The van der Waals surface area contributed by atoms with E-state index in [2.05, 4.69) is 10.3 Å². The van der Waals surface area contributed by atoms with Crippen molar-refractivity contribution in [3.63, 3.8) is 0 Å². The molecule has 0 amide bonds. The third kappa shape index (κ3) is 2.42. The maximum Gasteiger partial charge on any atom is 0.158 e. The second-order valence-corrected chi connectivity index (χ2v) is 5.32. The molecule has 2 aromatic heterocycles. The molecule has 0 aliphatic carbocycles. The molecule has 0 aromatic carbocycles. The lowest BCUT2D eigenvalue weighted by atomic mass is 10.0. The zero-order valence-corrected chi connectivity index (χ0v) is 11.8. The van der Waals surface area contributed by atoms with Gasteiger partial charge in [-0.05, 0) is 31.5 Å². The fourth-order valence-corrected chi connectivity index (χ4v) is 3.03. The number of aromatic nitrogens is 2. The predicted molar refractivity (Wildman–Crippen MR) is 76.1 cm³/mol. The Morgan fingerprint density at radius 3 is 3.16 bits per heavy atom. The summed E-state index contributed by atoms with van der Waals surface area (Å²) in [6.45, 7) is 1.10. The van der Waals surface area contributed by atoms with Crippen LogP contribution in [0.15, 0.2) is 18.3 Å². The minimum atomic E-state index is 0.501. The lowest BCUT2D eigenvalue weighted by molar-refractivity contribution is 0.393. The number of imidazole rings is 1. The smallest absolute Gasteiger partial charge is 0.158 e. The standard InChI is InChI=1S/C14H18ClN3O/c1-19-11-6-4-8-18-12(17-14(15)13(11)18)9-10-5-2-3-7-16-10/h4,6,8,10,16H,2-3,5,7,9H2,1H3. The third-order valence-electron chi connectivity index (χ3n) is 3.72. The van der Waals surface area contributed by atoms with E-state index in [-0.39, 0.29) is 0 Å². The number of rotatable bonds is 3. The first-order valence-corrected chi connectivity index (χ1v) is 7.10. The highest BCUT2D eigenvalue weighted by Gasteiger charge is 2.18. The van der Waals surface area contributed by atoms with Gasteiger partial charge in [0.2, 0.25) is 0 Å². The van der Waals surface area contributed by atoms with Crippen LogP contribution in [0, 0.1) is 0 Å². The van der Waals surface area contributed by atoms with E-state index in [1.807, 2.05) is 22.7 Å². The van der Waals surface area contributed by atoms with Crippen molar-refractivity contribution in [1.29, 1.82) is 0 Å². The Morgan fingerprint density at radius 1 is 1.53 bits per heavy atom. The molecule has 4 nitrogen and oxygen atoms in total. The number of nitrogens with zero attached hydrogens (tertiary/aromatic N) is 2.